The lowest BCUT2D eigenvalue weighted by molar-refractivity contribution is 0.178. The topological polar surface area (TPSA) is 29.5 Å². The zero-order valence-electron chi connectivity index (χ0n) is 10.8. The normalized spacial score (nSPS) is 14.8. The summed E-state index contributed by atoms with van der Waals surface area (Å²) in [4.78, 5) is 0. The summed E-state index contributed by atoms with van der Waals surface area (Å²) in [7, 11) is 0. The summed E-state index contributed by atoms with van der Waals surface area (Å²) in [5, 5.41) is 11.6. The summed E-state index contributed by atoms with van der Waals surface area (Å²) in [6.45, 7) is 0.717. The monoisotopic (exact) mass is 308 g/mol. The third kappa shape index (κ3) is 2.78. The molecule has 0 saturated carbocycles. The Morgan fingerprint density at radius 1 is 1.15 bits per heavy atom. The van der Waals surface area contributed by atoms with E-state index >= 15 is 0 Å². The highest BCUT2D eigenvalue weighted by molar-refractivity contribution is 6.33. The van der Waals surface area contributed by atoms with E-state index in [1.54, 1.807) is 18.2 Å². The standard InChI is InChI=1S/C16H14Cl2O2/c17-13-2-3-14(18)12(8-13)9-15(19)10-1-4-16-11(7-10)5-6-20-16/h1-4,7-8,15,19H,5-6,9H2. The van der Waals surface area contributed by atoms with E-state index in [4.69, 9.17) is 27.9 Å². The molecule has 0 amide bonds. The fraction of sp³-hybridized carbons (Fsp3) is 0.250. The number of rotatable bonds is 3. The average molecular weight is 309 g/mol. The van der Waals surface area contributed by atoms with Crippen molar-refractivity contribution in [1.29, 1.82) is 0 Å². The number of ether oxygens (including phenoxy) is 1. The van der Waals surface area contributed by atoms with Crippen LogP contribution in [0.5, 0.6) is 5.75 Å². The number of hydrogen-bond acceptors (Lipinski definition) is 2. The smallest absolute Gasteiger partial charge is 0.122 e. The molecule has 0 radical (unpaired) electrons. The molecular formula is C16H14Cl2O2. The van der Waals surface area contributed by atoms with E-state index in [0.717, 1.165) is 35.5 Å². The fourth-order valence-corrected chi connectivity index (χ4v) is 2.83. The molecule has 0 aromatic heterocycles. The van der Waals surface area contributed by atoms with Crippen molar-refractivity contribution in [2.75, 3.05) is 6.61 Å². The van der Waals surface area contributed by atoms with Gasteiger partial charge in [-0.05, 0) is 47.0 Å². The van der Waals surface area contributed by atoms with Crippen LogP contribution in [0.2, 0.25) is 10.0 Å². The molecule has 20 heavy (non-hydrogen) atoms. The first-order chi connectivity index (χ1) is 9.63. The largest absolute Gasteiger partial charge is 0.493 e. The Hall–Kier alpha value is -1.22. The maximum Gasteiger partial charge on any atom is 0.122 e. The summed E-state index contributed by atoms with van der Waals surface area (Å²) in [5.74, 6) is 0.918. The van der Waals surface area contributed by atoms with E-state index in [9.17, 15) is 5.11 Å². The molecule has 4 heteroatoms. The predicted molar refractivity (Wildman–Crippen MR) is 80.8 cm³/mol. The molecular weight excluding hydrogens is 295 g/mol. The zero-order valence-corrected chi connectivity index (χ0v) is 12.3. The van der Waals surface area contributed by atoms with Gasteiger partial charge in [0.1, 0.15) is 5.75 Å². The molecule has 1 aliphatic heterocycles. The van der Waals surface area contributed by atoms with Gasteiger partial charge in [0.05, 0.1) is 12.7 Å². The molecule has 0 bridgehead atoms. The number of hydrogen-bond donors (Lipinski definition) is 1. The maximum atomic E-state index is 10.4. The highest BCUT2D eigenvalue weighted by Crippen LogP contribution is 2.31. The molecule has 1 aliphatic rings. The van der Waals surface area contributed by atoms with Crippen molar-refractivity contribution in [1.82, 2.24) is 0 Å². The molecule has 104 valence electrons. The molecule has 0 aliphatic carbocycles. The fourth-order valence-electron chi connectivity index (χ4n) is 2.44. The first-order valence-electron chi connectivity index (χ1n) is 6.51. The van der Waals surface area contributed by atoms with E-state index in [1.165, 1.54) is 0 Å². The van der Waals surface area contributed by atoms with E-state index in [1.807, 2.05) is 18.2 Å². The van der Waals surface area contributed by atoms with E-state index in [2.05, 4.69) is 0 Å². The minimum atomic E-state index is -0.600. The van der Waals surface area contributed by atoms with Crippen LogP contribution in [0.15, 0.2) is 36.4 Å². The van der Waals surface area contributed by atoms with Crippen LogP contribution in [0.25, 0.3) is 0 Å². The number of aliphatic hydroxyl groups is 1. The van der Waals surface area contributed by atoms with Crippen molar-refractivity contribution in [3.05, 3.63) is 63.1 Å². The van der Waals surface area contributed by atoms with Crippen molar-refractivity contribution >= 4 is 23.2 Å². The molecule has 2 aromatic carbocycles. The van der Waals surface area contributed by atoms with Gasteiger partial charge < -0.3 is 9.84 Å². The molecule has 1 heterocycles. The molecule has 1 unspecified atom stereocenters. The van der Waals surface area contributed by atoms with Gasteiger partial charge in [-0.3, -0.25) is 0 Å². The van der Waals surface area contributed by atoms with Gasteiger partial charge in [0.2, 0.25) is 0 Å². The summed E-state index contributed by atoms with van der Waals surface area (Å²) in [6.07, 6.45) is 0.740. The van der Waals surface area contributed by atoms with Gasteiger partial charge in [0, 0.05) is 22.9 Å². The number of fused-ring (bicyclic) bond motifs is 1. The number of halogens is 2. The second kappa shape index (κ2) is 5.65. The summed E-state index contributed by atoms with van der Waals surface area (Å²) in [5.41, 5.74) is 2.88. The van der Waals surface area contributed by atoms with Gasteiger partial charge in [-0.25, -0.2) is 0 Å². The summed E-state index contributed by atoms with van der Waals surface area (Å²) >= 11 is 12.1. The molecule has 2 nitrogen and oxygen atoms in total. The van der Waals surface area contributed by atoms with Gasteiger partial charge in [0.15, 0.2) is 0 Å². The first-order valence-corrected chi connectivity index (χ1v) is 7.26. The van der Waals surface area contributed by atoms with Gasteiger partial charge in [-0.15, -0.1) is 0 Å². The van der Waals surface area contributed by atoms with Crippen LogP contribution in [0.4, 0.5) is 0 Å². The zero-order chi connectivity index (χ0) is 14.1. The molecule has 0 spiro atoms. The predicted octanol–water partition coefficient (Wildman–Crippen LogP) is 4.20. The highest BCUT2D eigenvalue weighted by atomic mass is 35.5. The van der Waals surface area contributed by atoms with E-state index in [0.29, 0.717) is 16.5 Å². The Morgan fingerprint density at radius 2 is 2.00 bits per heavy atom. The van der Waals surface area contributed by atoms with E-state index in [-0.39, 0.29) is 0 Å². The van der Waals surface area contributed by atoms with Crippen molar-refractivity contribution in [2.45, 2.75) is 18.9 Å². The Bertz CT molecular complexity index is 640. The second-order valence-electron chi connectivity index (χ2n) is 4.92. The number of aliphatic hydroxyl groups excluding tert-OH is 1. The van der Waals surface area contributed by atoms with Gasteiger partial charge in [0.25, 0.3) is 0 Å². The highest BCUT2D eigenvalue weighted by Gasteiger charge is 2.16. The second-order valence-corrected chi connectivity index (χ2v) is 5.76. The SMILES string of the molecule is OC(Cc1cc(Cl)ccc1Cl)c1ccc2c(c1)CCO2. The molecule has 1 atom stereocenters. The molecule has 1 N–H and O–H groups in total. The van der Waals surface area contributed by atoms with Crippen LogP contribution >= 0.6 is 23.2 Å². The van der Waals surface area contributed by atoms with Crippen LogP contribution in [0, 0.1) is 0 Å². The van der Waals surface area contributed by atoms with Crippen molar-refractivity contribution < 1.29 is 9.84 Å². The third-order valence-electron chi connectivity index (χ3n) is 3.52. The maximum absolute atomic E-state index is 10.4. The Morgan fingerprint density at radius 3 is 2.85 bits per heavy atom. The van der Waals surface area contributed by atoms with Crippen LogP contribution in [-0.4, -0.2) is 11.7 Å². The molecule has 2 aromatic rings. The Kier molecular flexibility index (Phi) is 3.88. The van der Waals surface area contributed by atoms with Crippen molar-refractivity contribution in [3.63, 3.8) is 0 Å². The summed E-state index contributed by atoms with van der Waals surface area (Å²) < 4.78 is 5.47. The Balaban J connectivity index is 1.82. The minimum Gasteiger partial charge on any atom is -0.493 e. The van der Waals surface area contributed by atoms with Gasteiger partial charge in [-0.2, -0.15) is 0 Å². The van der Waals surface area contributed by atoms with Gasteiger partial charge >= 0.3 is 0 Å². The van der Waals surface area contributed by atoms with E-state index < -0.39 is 6.10 Å². The van der Waals surface area contributed by atoms with Crippen LogP contribution in [0.3, 0.4) is 0 Å². The first kappa shape index (κ1) is 13.7. The van der Waals surface area contributed by atoms with Crippen LogP contribution in [-0.2, 0) is 12.8 Å². The third-order valence-corrected chi connectivity index (χ3v) is 4.12. The van der Waals surface area contributed by atoms with Gasteiger partial charge in [-0.1, -0.05) is 29.3 Å². The molecule has 0 fully saturated rings. The lowest BCUT2D eigenvalue weighted by Crippen LogP contribution is -2.03. The summed E-state index contributed by atoms with van der Waals surface area (Å²) in [6, 6.07) is 11.1. The van der Waals surface area contributed by atoms with Crippen LogP contribution in [0.1, 0.15) is 22.8 Å². The lowest BCUT2D eigenvalue weighted by Gasteiger charge is -2.13. The van der Waals surface area contributed by atoms with Crippen LogP contribution < -0.4 is 4.74 Å². The Labute approximate surface area is 127 Å². The van der Waals surface area contributed by atoms with Crippen molar-refractivity contribution in [3.8, 4) is 5.75 Å². The number of benzene rings is 2. The molecule has 3 rings (SSSR count). The van der Waals surface area contributed by atoms with Crippen molar-refractivity contribution in [2.24, 2.45) is 0 Å². The average Bonchev–Trinajstić information content (AvgIpc) is 2.90. The lowest BCUT2D eigenvalue weighted by atomic mass is 9.99. The minimum absolute atomic E-state index is 0.443. The quantitative estimate of drug-likeness (QED) is 0.920. The molecule has 0 saturated heterocycles.